The number of carbonyl (C=O) groups excluding carboxylic acids is 1. The molecule has 1 rings (SSSR count). The van der Waals surface area contributed by atoms with E-state index in [1.807, 2.05) is 7.05 Å². The van der Waals surface area contributed by atoms with Crippen molar-refractivity contribution in [3.63, 3.8) is 0 Å². The number of rotatable bonds is 6. The first-order valence-electron chi connectivity index (χ1n) is 5.48. The molecule has 1 aromatic carbocycles. The molecule has 0 spiro atoms. The van der Waals surface area contributed by atoms with E-state index in [4.69, 9.17) is 11.6 Å². The summed E-state index contributed by atoms with van der Waals surface area (Å²) in [5.74, 6) is -0.462. The van der Waals surface area contributed by atoms with E-state index < -0.39 is 5.82 Å². The predicted octanol–water partition coefficient (Wildman–Crippen LogP) is 2.09. The van der Waals surface area contributed by atoms with Crippen molar-refractivity contribution >= 4 is 17.5 Å². The number of carbonyl (C=O) groups is 1. The van der Waals surface area contributed by atoms with Gasteiger partial charge in [-0.3, -0.25) is 4.79 Å². The number of halogens is 2. The van der Waals surface area contributed by atoms with E-state index in [9.17, 15) is 9.18 Å². The molecule has 0 bridgehead atoms. The number of hydrogen-bond acceptors (Lipinski definition) is 2. The molecule has 0 fully saturated rings. The van der Waals surface area contributed by atoms with E-state index in [2.05, 4.69) is 10.6 Å². The van der Waals surface area contributed by atoms with Gasteiger partial charge in [0.25, 0.3) is 0 Å². The second kappa shape index (κ2) is 7.25. The third-order valence-electron chi connectivity index (χ3n) is 2.30. The molecule has 0 saturated carbocycles. The fraction of sp³-hybridized carbons (Fsp3) is 0.417. The summed E-state index contributed by atoms with van der Waals surface area (Å²) in [7, 11) is 1.85. The molecular formula is C12H16ClFN2O. The topological polar surface area (TPSA) is 41.1 Å². The minimum Gasteiger partial charge on any atom is -0.352 e. The molecule has 0 heterocycles. The highest BCUT2D eigenvalue weighted by Gasteiger charge is 2.03. The van der Waals surface area contributed by atoms with Gasteiger partial charge in [0.1, 0.15) is 5.82 Å². The Morgan fingerprint density at radius 2 is 2.24 bits per heavy atom. The maximum Gasteiger partial charge on any atom is 0.220 e. The van der Waals surface area contributed by atoms with Crippen LogP contribution in [0.4, 0.5) is 4.39 Å². The Kier molecular flexibility index (Phi) is 5.94. The summed E-state index contributed by atoms with van der Waals surface area (Å²) in [5.41, 5.74) is 0.790. The van der Waals surface area contributed by atoms with Crippen LogP contribution in [0.1, 0.15) is 18.4 Å². The summed E-state index contributed by atoms with van der Waals surface area (Å²) in [6.45, 7) is 1.19. The van der Waals surface area contributed by atoms with Crippen LogP contribution >= 0.6 is 11.6 Å². The van der Waals surface area contributed by atoms with E-state index in [-0.39, 0.29) is 10.9 Å². The Hall–Kier alpha value is -1.13. The first-order valence-corrected chi connectivity index (χ1v) is 5.86. The van der Waals surface area contributed by atoms with Crippen LogP contribution in [-0.2, 0) is 11.3 Å². The van der Waals surface area contributed by atoms with Crippen molar-refractivity contribution in [3.05, 3.63) is 34.6 Å². The fourth-order valence-corrected chi connectivity index (χ4v) is 1.57. The molecule has 0 aliphatic carbocycles. The summed E-state index contributed by atoms with van der Waals surface area (Å²) < 4.78 is 12.9. The lowest BCUT2D eigenvalue weighted by molar-refractivity contribution is -0.121. The quantitative estimate of drug-likeness (QED) is 0.768. The fourth-order valence-electron chi connectivity index (χ4n) is 1.36. The van der Waals surface area contributed by atoms with Crippen LogP contribution < -0.4 is 10.6 Å². The van der Waals surface area contributed by atoms with Gasteiger partial charge in [-0.15, -0.1) is 0 Å². The summed E-state index contributed by atoms with van der Waals surface area (Å²) in [5, 5.41) is 5.80. The maximum atomic E-state index is 12.9. The molecule has 0 atom stereocenters. The molecule has 0 aromatic heterocycles. The lowest BCUT2D eigenvalue weighted by atomic mass is 10.2. The molecule has 0 aliphatic heterocycles. The van der Waals surface area contributed by atoms with Gasteiger partial charge in [-0.05, 0) is 37.7 Å². The smallest absolute Gasteiger partial charge is 0.220 e. The largest absolute Gasteiger partial charge is 0.352 e. The van der Waals surface area contributed by atoms with Crippen LogP contribution in [0, 0.1) is 5.82 Å². The van der Waals surface area contributed by atoms with E-state index in [0.29, 0.717) is 13.0 Å². The maximum absolute atomic E-state index is 12.9. The van der Waals surface area contributed by atoms with E-state index in [1.54, 1.807) is 6.07 Å². The van der Waals surface area contributed by atoms with Gasteiger partial charge in [0, 0.05) is 13.0 Å². The molecular weight excluding hydrogens is 243 g/mol. The van der Waals surface area contributed by atoms with E-state index in [0.717, 1.165) is 18.5 Å². The highest BCUT2D eigenvalue weighted by atomic mass is 35.5. The first-order chi connectivity index (χ1) is 8.13. The van der Waals surface area contributed by atoms with Gasteiger partial charge in [-0.1, -0.05) is 17.7 Å². The van der Waals surface area contributed by atoms with Gasteiger partial charge in [-0.25, -0.2) is 4.39 Å². The summed E-state index contributed by atoms with van der Waals surface area (Å²) in [6.07, 6.45) is 1.28. The molecule has 0 unspecified atom stereocenters. The average Bonchev–Trinajstić information content (AvgIpc) is 2.31. The van der Waals surface area contributed by atoms with Crippen LogP contribution in [0.5, 0.6) is 0 Å². The second-order valence-corrected chi connectivity index (χ2v) is 4.14. The highest BCUT2D eigenvalue weighted by molar-refractivity contribution is 6.30. The molecule has 0 aliphatic rings. The van der Waals surface area contributed by atoms with Crippen molar-refractivity contribution < 1.29 is 9.18 Å². The van der Waals surface area contributed by atoms with Gasteiger partial charge in [0.2, 0.25) is 5.91 Å². The average molecular weight is 259 g/mol. The normalized spacial score (nSPS) is 10.3. The van der Waals surface area contributed by atoms with E-state index >= 15 is 0 Å². The molecule has 0 saturated heterocycles. The summed E-state index contributed by atoms with van der Waals surface area (Å²) in [6, 6.07) is 4.42. The Labute approximate surface area is 105 Å². The first kappa shape index (κ1) is 13.9. The zero-order chi connectivity index (χ0) is 12.7. The van der Waals surface area contributed by atoms with Gasteiger partial charge in [0.05, 0.1) is 5.02 Å². The second-order valence-electron chi connectivity index (χ2n) is 3.73. The third kappa shape index (κ3) is 5.15. The van der Waals surface area contributed by atoms with Crippen LogP contribution in [0.2, 0.25) is 5.02 Å². The molecule has 5 heteroatoms. The third-order valence-corrected chi connectivity index (χ3v) is 2.59. The Balaban J connectivity index is 2.34. The monoisotopic (exact) mass is 258 g/mol. The van der Waals surface area contributed by atoms with Crippen LogP contribution in [0.15, 0.2) is 18.2 Å². The number of nitrogens with one attached hydrogen (secondary N) is 2. The van der Waals surface area contributed by atoms with Crippen molar-refractivity contribution in [2.75, 3.05) is 13.6 Å². The molecule has 2 N–H and O–H groups in total. The van der Waals surface area contributed by atoms with Gasteiger partial charge >= 0.3 is 0 Å². The molecule has 17 heavy (non-hydrogen) atoms. The molecule has 1 amide bonds. The minimum absolute atomic E-state index is 0.0132. The van der Waals surface area contributed by atoms with Crippen LogP contribution in [0.3, 0.4) is 0 Å². The van der Waals surface area contributed by atoms with Crippen molar-refractivity contribution in [2.24, 2.45) is 0 Å². The lowest BCUT2D eigenvalue weighted by Crippen LogP contribution is -2.23. The van der Waals surface area contributed by atoms with Crippen molar-refractivity contribution in [3.8, 4) is 0 Å². The number of hydrogen-bond donors (Lipinski definition) is 2. The molecule has 94 valence electrons. The Bertz CT molecular complexity index is 385. The molecule has 3 nitrogen and oxygen atoms in total. The Morgan fingerprint density at radius 1 is 1.47 bits per heavy atom. The summed E-state index contributed by atoms with van der Waals surface area (Å²) in [4.78, 5) is 11.4. The van der Waals surface area contributed by atoms with E-state index in [1.165, 1.54) is 12.1 Å². The van der Waals surface area contributed by atoms with Crippen molar-refractivity contribution in [2.45, 2.75) is 19.4 Å². The lowest BCUT2D eigenvalue weighted by Gasteiger charge is -2.06. The summed E-state index contributed by atoms with van der Waals surface area (Å²) >= 11 is 5.64. The zero-order valence-corrected chi connectivity index (χ0v) is 10.5. The predicted molar refractivity (Wildman–Crippen MR) is 66.4 cm³/mol. The van der Waals surface area contributed by atoms with Crippen molar-refractivity contribution in [1.29, 1.82) is 0 Å². The minimum atomic E-state index is -0.448. The molecule has 0 radical (unpaired) electrons. The SMILES string of the molecule is CNCCCC(=O)NCc1ccc(F)c(Cl)c1. The molecule has 1 aromatic rings. The number of amides is 1. The van der Waals surface area contributed by atoms with Gasteiger partial charge in [-0.2, -0.15) is 0 Å². The number of benzene rings is 1. The van der Waals surface area contributed by atoms with Crippen LogP contribution in [-0.4, -0.2) is 19.5 Å². The van der Waals surface area contributed by atoms with Gasteiger partial charge in [0.15, 0.2) is 0 Å². The van der Waals surface area contributed by atoms with Gasteiger partial charge < -0.3 is 10.6 Å². The van der Waals surface area contributed by atoms with Crippen LogP contribution in [0.25, 0.3) is 0 Å². The van der Waals surface area contributed by atoms with Crippen molar-refractivity contribution in [1.82, 2.24) is 10.6 Å². The zero-order valence-electron chi connectivity index (χ0n) is 9.72. The Morgan fingerprint density at radius 3 is 2.88 bits per heavy atom. The standard InChI is InChI=1S/C12H16ClFN2O/c1-15-6-2-3-12(17)16-8-9-4-5-11(14)10(13)7-9/h4-5,7,15H,2-3,6,8H2,1H3,(H,16,17). The highest BCUT2D eigenvalue weighted by Crippen LogP contribution is 2.15.